The van der Waals surface area contributed by atoms with Crippen molar-refractivity contribution in [2.75, 3.05) is 33.3 Å². The molecule has 2 aromatic heterocycles. The fourth-order valence-corrected chi connectivity index (χ4v) is 3.51. The third-order valence-electron chi connectivity index (χ3n) is 5.01. The molecule has 4 rings (SSSR count). The number of amides is 1. The molecule has 0 bridgehead atoms. The van der Waals surface area contributed by atoms with E-state index >= 15 is 0 Å². The highest BCUT2D eigenvalue weighted by Crippen LogP contribution is 2.17. The van der Waals surface area contributed by atoms with E-state index in [4.69, 9.17) is 4.74 Å². The standard InChI is InChI=1S/C20H21FN4O2/c1-27-18-6-5-15(12-16(18)21)13-23-8-10-24(11-9-23)20(26)17-14-25-7-3-2-4-19(25)22-17/h2-7,12,14H,8-11,13H2,1H3/p+1. The molecule has 140 valence electrons. The molecule has 1 aliphatic rings. The van der Waals surface area contributed by atoms with Gasteiger partial charge in [0.25, 0.3) is 5.91 Å². The molecule has 3 heterocycles. The Labute approximate surface area is 156 Å². The highest BCUT2D eigenvalue weighted by atomic mass is 19.1. The van der Waals surface area contributed by atoms with Gasteiger partial charge < -0.3 is 18.9 Å². The molecule has 0 radical (unpaired) electrons. The summed E-state index contributed by atoms with van der Waals surface area (Å²) >= 11 is 0. The Morgan fingerprint density at radius 3 is 2.78 bits per heavy atom. The van der Waals surface area contributed by atoms with Crippen LogP contribution in [0.25, 0.3) is 5.65 Å². The van der Waals surface area contributed by atoms with Crippen molar-refractivity contribution in [3.8, 4) is 5.75 Å². The van der Waals surface area contributed by atoms with E-state index in [0.29, 0.717) is 18.8 Å². The summed E-state index contributed by atoms with van der Waals surface area (Å²) < 4.78 is 20.7. The molecule has 0 aliphatic carbocycles. The van der Waals surface area contributed by atoms with Crippen LogP contribution in [0.5, 0.6) is 5.75 Å². The topological polar surface area (TPSA) is 51.3 Å². The van der Waals surface area contributed by atoms with Crippen LogP contribution in [-0.4, -0.2) is 53.5 Å². The monoisotopic (exact) mass is 369 g/mol. The summed E-state index contributed by atoms with van der Waals surface area (Å²) in [7, 11) is 1.46. The molecule has 6 nitrogen and oxygen atoms in total. The van der Waals surface area contributed by atoms with Gasteiger partial charge in [0.15, 0.2) is 11.6 Å². The van der Waals surface area contributed by atoms with Gasteiger partial charge >= 0.3 is 0 Å². The first-order valence-corrected chi connectivity index (χ1v) is 9.03. The summed E-state index contributed by atoms with van der Waals surface area (Å²) in [5, 5.41) is 0. The molecule has 1 fully saturated rings. The van der Waals surface area contributed by atoms with Gasteiger partial charge in [0.1, 0.15) is 17.9 Å². The first kappa shape index (κ1) is 17.5. The minimum absolute atomic E-state index is 0.0340. The van der Waals surface area contributed by atoms with Crippen LogP contribution in [0.4, 0.5) is 4.39 Å². The fourth-order valence-electron chi connectivity index (χ4n) is 3.51. The number of aromatic nitrogens is 2. The van der Waals surface area contributed by atoms with E-state index in [2.05, 4.69) is 4.98 Å². The predicted molar refractivity (Wildman–Crippen MR) is 98.4 cm³/mol. The summed E-state index contributed by atoms with van der Waals surface area (Å²) in [6.45, 7) is 3.72. The Morgan fingerprint density at radius 1 is 1.26 bits per heavy atom. The smallest absolute Gasteiger partial charge is 0.274 e. The van der Waals surface area contributed by atoms with Gasteiger partial charge in [0.05, 0.1) is 33.3 Å². The largest absolute Gasteiger partial charge is 0.494 e. The van der Waals surface area contributed by atoms with Crippen molar-refractivity contribution in [2.45, 2.75) is 6.54 Å². The van der Waals surface area contributed by atoms with Crippen LogP contribution in [0.1, 0.15) is 16.1 Å². The zero-order chi connectivity index (χ0) is 18.8. The number of nitrogens with one attached hydrogen (secondary N) is 1. The number of hydrogen-bond donors (Lipinski definition) is 1. The Kier molecular flexibility index (Phi) is 4.77. The van der Waals surface area contributed by atoms with Gasteiger partial charge in [-0.2, -0.15) is 0 Å². The molecule has 0 atom stereocenters. The number of rotatable bonds is 4. The number of carbonyl (C=O) groups is 1. The lowest BCUT2D eigenvalue weighted by atomic mass is 10.1. The van der Waals surface area contributed by atoms with Crippen molar-refractivity contribution >= 4 is 11.6 Å². The summed E-state index contributed by atoms with van der Waals surface area (Å²) in [6.07, 6.45) is 3.66. The number of nitrogens with zero attached hydrogens (tertiary/aromatic N) is 3. The van der Waals surface area contributed by atoms with Crippen LogP contribution in [0.2, 0.25) is 0 Å². The molecule has 0 saturated carbocycles. The van der Waals surface area contributed by atoms with Gasteiger partial charge in [-0.15, -0.1) is 0 Å². The van der Waals surface area contributed by atoms with E-state index in [1.165, 1.54) is 18.1 Å². The van der Waals surface area contributed by atoms with Crippen molar-refractivity contribution in [3.05, 3.63) is 65.9 Å². The first-order chi connectivity index (χ1) is 13.1. The minimum Gasteiger partial charge on any atom is -0.494 e. The van der Waals surface area contributed by atoms with Crippen molar-refractivity contribution in [1.82, 2.24) is 14.3 Å². The average molecular weight is 369 g/mol. The van der Waals surface area contributed by atoms with Crippen molar-refractivity contribution in [2.24, 2.45) is 0 Å². The van der Waals surface area contributed by atoms with Crippen molar-refractivity contribution in [3.63, 3.8) is 0 Å². The molecule has 1 saturated heterocycles. The number of hydrogen-bond acceptors (Lipinski definition) is 3. The molecule has 7 heteroatoms. The minimum atomic E-state index is -0.338. The van der Waals surface area contributed by atoms with E-state index in [1.54, 1.807) is 12.3 Å². The van der Waals surface area contributed by atoms with Crippen molar-refractivity contribution < 1.29 is 18.8 Å². The molecule has 1 N–H and O–H groups in total. The van der Waals surface area contributed by atoms with Crippen LogP contribution in [0, 0.1) is 5.82 Å². The zero-order valence-corrected chi connectivity index (χ0v) is 15.2. The van der Waals surface area contributed by atoms with Gasteiger partial charge in [-0.25, -0.2) is 9.37 Å². The number of carbonyl (C=O) groups excluding carboxylic acids is 1. The van der Waals surface area contributed by atoms with E-state index in [1.807, 2.05) is 39.8 Å². The summed E-state index contributed by atoms with van der Waals surface area (Å²) in [6, 6.07) is 10.8. The lowest BCUT2D eigenvalue weighted by molar-refractivity contribution is -0.917. The molecule has 0 unspecified atom stereocenters. The van der Waals surface area contributed by atoms with E-state index in [9.17, 15) is 9.18 Å². The van der Waals surface area contributed by atoms with Gasteiger partial charge in [-0.05, 0) is 30.3 Å². The zero-order valence-electron chi connectivity index (χ0n) is 15.2. The van der Waals surface area contributed by atoms with Crippen LogP contribution >= 0.6 is 0 Å². The van der Waals surface area contributed by atoms with Gasteiger partial charge in [-0.3, -0.25) is 4.79 Å². The van der Waals surface area contributed by atoms with Gasteiger partial charge in [0, 0.05) is 18.0 Å². The summed E-state index contributed by atoms with van der Waals surface area (Å²) in [5.74, 6) is -0.111. The molecular formula is C20H22FN4O2+. The number of pyridine rings is 1. The summed E-state index contributed by atoms with van der Waals surface area (Å²) in [4.78, 5) is 20.3. The number of halogens is 1. The Morgan fingerprint density at radius 2 is 2.07 bits per heavy atom. The predicted octanol–water partition coefficient (Wildman–Crippen LogP) is 1.02. The van der Waals surface area contributed by atoms with E-state index in [-0.39, 0.29) is 17.5 Å². The summed E-state index contributed by atoms with van der Waals surface area (Å²) in [5.41, 5.74) is 2.18. The number of fused-ring (bicyclic) bond motifs is 1. The third-order valence-corrected chi connectivity index (χ3v) is 5.01. The van der Waals surface area contributed by atoms with Gasteiger partial charge in [0.2, 0.25) is 0 Å². The van der Waals surface area contributed by atoms with E-state index < -0.39 is 0 Å². The fraction of sp³-hybridized carbons (Fsp3) is 0.300. The highest BCUT2D eigenvalue weighted by molar-refractivity contribution is 5.93. The maximum atomic E-state index is 13.9. The van der Waals surface area contributed by atoms with Crippen LogP contribution < -0.4 is 9.64 Å². The van der Waals surface area contributed by atoms with Crippen molar-refractivity contribution in [1.29, 1.82) is 0 Å². The third kappa shape index (κ3) is 3.64. The molecule has 1 aliphatic heterocycles. The Hall–Kier alpha value is -2.93. The highest BCUT2D eigenvalue weighted by Gasteiger charge is 2.26. The maximum Gasteiger partial charge on any atom is 0.274 e. The van der Waals surface area contributed by atoms with E-state index in [0.717, 1.165) is 30.8 Å². The molecule has 1 aromatic carbocycles. The molecule has 3 aromatic rings. The Balaban J connectivity index is 1.37. The van der Waals surface area contributed by atoms with Crippen LogP contribution in [0.3, 0.4) is 0 Å². The lowest BCUT2D eigenvalue weighted by Gasteiger charge is -2.31. The molecule has 0 spiro atoms. The number of imidazole rings is 1. The number of piperazine rings is 1. The van der Waals surface area contributed by atoms with Crippen LogP contribution in [0.15, 0.2) is 48.8 Å². The average Bonchev–Trinajstić information content (AvgIpc) is 3.12. The first-order valence-electron chi connectivity index (χ1n) is 9.03. The second-order valence-electron chi connectivity index (χ2n) is 6.78. The SMILES string of the molecule is COc1ccc(C[NH+]2CCN(C(=O)c3cn4ccccc4n3)CC2)cc1F. The molecular weight excluding hydrogens is 347 g/mol. The second-order valence-corrected chi connectivity index (χ2v) is 6.78. The quantitative estimate of drug-likeness (QED) is 0.747. The number of benzene rings is 1. The number of quaternary nitrogens is 1. The van der Waals surface area contributed by atoms with Gasteiger partial charge in [-0.1, -0.05) is 6.07 Å². The Bertz CT molecular complexity index is 931. The normalized spacial score (nSPS) is 15.3. The second kappa shape index (κ2) is 7.36. The number of methoxy groups -OCH3 is 1. The van der Waals surface area contributed by atoms with Crippen LogP contribution in [-0.2, 0) is 6.54 Å². The number of ether oxygens (including phenoxy) is 1. The molecule has 1 amide bonds. The lowest BCUT2D eigenvalue weighted by Crippen LogP contribution is -3.13. The molecule has 27 heavy (non-hydrogen) atoms. The maximum absolute atomic E-state index is 13.9.